The minimum Gasteiger partial charge on any atom is -0.268 e. The van der Waals surface area contributed by atoms with Crippen LogP contribution in [0.1, 0.15) is 74.4 Å². The highest BCUT2D eigenvalue weighted by molar-refractivity contribution is 14.1. The third-order valence-electron chi connectivity index (χ3n) is 7.95. The van der Waals surface area contributed by atoms with Crippen LogP contribution in [0.3, 0.4) is 0 Å². The fourth-order valence-corrected chi connectivity index (χ4v) is 13.6. The summed E-state index contributed by atoms with van der Waals surface area (Å²) < 4.78 is 65.0. The van der Waals surface area contributed by atoms with Gasteiger partial charge in [-0.1, -0.05) is 43.7 Å². The van der Waals surface area contributed by atoms with E-state index in [0.29, 0.717) is 61.5 Å². The molecule has 4 rings (SSSR count). The second kappa shape index (κ2) is 18.4. The molecule has 0 saturated heterocycles. The molecule has 2 amide bonds. The topological polar surface area (TPSA) is 126 Å². The molecule has 0 fully saturated rings. The number of rotatable bonds is 12. The Morgan fingerprint density at radius 3 is 1.51 bits per heavy atom. The lowest BCUT2D eigenvalue weighted by atomic mass is 9.97. The first-order chi connectivity index (χ1) is 23.8. The maximum absolute atomic E-state index is 14.0. The normalized spacial score (nSPS) is 11.8. The summed E-state index contributed by atoms with van der Waals surface area (Å²) in [7, 11) is -8.57. The zero-order chi connectivity index (χ0) is 38.0. The van der Waals surface area contributed by atoms with Crippen LogP contribution >= 0.6 is 136 Å². The molecule has 0 spiro atoms. The predicted molar refractivity (Wildman–Crippen MR) is 252 cm³/mol. The van der Waals surface area contributed by atoms with E-state index in [1.165, 1.54) is 0 Å². The number of hydrogen-bond acceptors (Lipinski definition) is 6. The van der Waals surface area contributed by atoms with E-state index >= 15 is 0 Å². The highest BCUT2D eigenvalue weighted by Gasteiger charge is 2.29. The van der Waals surface area contributed by atoms with E-state index in [9.17, 15) is 26.4 Å². The Kier molecular flexibility index (Phi) is 15.8. The third kappa shape index (κ3) is 10.7. The van der Waals surface area contributed by atoms with Gasteiger partial charge in [0.05, 0.1) is 20.9 Å². The van der Waals surface area contributed by atoms with Crippen LogP contribution in [-0.2, 0) is 45.7 Å². The summed E-state index contributed by atoms with van der Waals surface area (Å²) in [6, 6.07) is 14.4. The van der Waals surface area contributed by atoms with Crippen LogP contribution in [-0.4, -0.2) is 28.6 Å². The quantitative estimate of drug-likeness (QED) is 0.108. The lowest BCUT2D eigenvalue weighted by Crippen LogP contribution is -2.33. The average molecular weight is 1400 g/mol. The predicted octanol–water partition coefficient (Wildman–Crippen LogP) is 9.47. The molecule has 2 N–H and O–H groups in total. The van der Waals surface area contributed by atoms with Gasteiger partial charge < -0.3 is 0 Å². The van der Waals surface area contributed by atoms with Crippen LogP contribution in [0.4, 0.5) is 0 Å². The maximum Gasteiger partial charge on any atom is 0.266 e. The summed E-state index contributed by atoms with van der Waals surface area (Å²) in [5.74, 6) is -1.41. The van der Waals surface area contributed by atoms with Crippen molar-refractivity contribution in [1.29, 1.82) is 0 Å². The molecule has 51 heavy (non-hydrogen) atoms. The first kappa shape index (κ1) is 43.8. The van der Waals surface area contributed by atoms with E-state index in [4.69, 9.17) is 0 Å². The second-order valence-corrected chi connectivity index (χ2v) is 22.0. The van der Waals surface area contributed by atoms with Crippen molar-refractivity contribution in [3.8, 4) is 0 Å². The van der Waals surface area contributed by atoms with Gasteiger partial charge in [-0.2, -0.15) is 0 Å². The Hall–Kier alpha value is 0.100. The van der Waals surface area contributed by atoms with E-state index in [1.54, 1.807) is 31.2 Å². The van der Waals surface area contributed by atoms with Gasteiger partial charge in [0.15, 0.2) is 0 Å². The molecule has 4 aromatic rings. The Bertz CT molecular complexity index is 2280. The molecule has 16 heteroatoms. The van der Waals surface area contributed by atoms with Gasteiger partial charge in [-0.3, -0.25) is 9.59 Å². The Morgan fingerprint density at radius 1 is 0.588 bits per heavy atom. The molecule has 0 aliphatic heterocycles. The van der Waals surface area contributed by atoms with Crippen molar-refractivity contribution in [3.63, 3.8) is 0 Å². The minimum absolute atomic E-state index is 0.0372. The smallest absolute Gasteiger partial charge is 0.266 e. The second-order valence-electron chi connectivity index (χ2n) is 11.7. The van der Waals surface area contributed by atoms with Crippen LogP contribution in [0, 0.1) is 35.3 Å². The number of carbonyl (C=O) groups excluding carboxylic acids is 2. The molecule has 0 atom stereocenters. The molecule has 0 saturated carbocycles. The maximum atomic E-state index is 14.0. The monoisotopic (exact) mass is 1400 g/mol. The molecule has 0 radical (unpaired) electrons. The first-order valence-corrected chi connectivity index (χ1v) is 24.9. The van der Waals surface area contributed by atoms with Gasteiger partial charge in [0.25, 0.3) is 31.9 Å². The van der Waals surface area contributed by atoms with Crippen LogP contribution in [0.2, 0.25) is 0 Å². The zero-order valence-electron chi connectivity index (χ0n) is 27.7. The standard InChI is InChI=1S/C35H32I6N2O6S2/c1-5-20-12-21(6-2)33(51(48,49)43-35(45)27-15-25(37)17-29(39)31(27)41)23(13-20)9-7-8-22-11-18(3)10-19(4)32(22)50(46,47)42-34(44)26-14-24(36)16-28(38)30(26)40/h10-17H,5-9H2,1-4H3,(H,42,44)(H,43,45). The van der Waals surface area contributed by atoms with Gasteiger partial charge in [-0.05, 0) is 234 Å². The summed E-state index contributed by atoms with van der Waals surface area (Å²) in [6.07, 6.45) is 2.13. The van der Waals surface area contributed by atoms with Crippen molar-refractivity contribution in [2.24, 2.45) is 0 Å². The van der Waals surface area contributed by atoms with Crippen molar-refractivity contribution in [2.75, 3.05) is 0 Å². The van der Waals surface area contributed by atoms with Crippen molar-refractivity contribution in [2.45, 2.75) is 69.6 Å². The van der Waals surface area contributed by atoms with Crippen LogP contribution in [0.25, 0.3) is 0 Å². The molecule has 0 bridgehead atoms. The Balaban J connectivity index is 1.68. The van der Waals surface area contributed by atoms with Crippen molar-refractivity contribution >= 4 is 167 Å². The third-order valence-corrected chi connectivity index (χ3v) is 18.4. The molecule has 4 aromatic carbocycles. The van der Waals surface area contributed by atoms with Crippen molar-refractivity contribution in [3.05, 3.63) is 114 Å². The minimum atomic E-state index is -4.29. The average Bonchev–Trinajstić information content (AvgIpc) is 3.02. The van der Waals surface area contributed by atoms with Gasteiger partial charge in [0.2, 0.25) is 0 Å². The molecule has 8 nitrogen and oxygen atoms in total. The van der Waals surface area contributed by atoms with Crippen molar-refractivity contribution in [1.82, 2.24) is 9.44 Å². The van der Waals surface area contributed by atoms with E-state index in [-0.39, 0.29) is 20.9 Å². The van der Waals surface area contributed by atoms with E-state index < -0.39 is 31.9 Å². The van der Waals surface area contributed by atoms with Gasteiger partial charge >= 0.3 is 0 Å². The van der Waals surface area contributed by atoms with Gasteiger partial charge in [0.1, 0.15) is 0 Å². The summed E-state index contributed by atoms with van der Waals surface area (Å²) in [4.78, 5) is 26.9. The number of benzene rings is 4. The van der Waals surface area contributed by atoms with E-state index in [2.05, 4.69) is 99.8 Å². The number of amides is 2. The summed E-state index contributed by atoms with van der Waals surface area (Å²) >= 11 is 12.5. The van der Waals surface area contributed by atoms with Gasteiger partial charge in [-0.25, -0.2) is 26.3 Å². The number of sulfonamides is 2. The number of hydrogen-bond donors (Lipinski definition) is 2. The molecular weight excluding hydrogens is 1370 g/mol. The Morgan fingerprint density at radius 2 is 1.04 bits per heavy atom. The van der Waals surface area contributed by atoms with Gasteiger partial charge in [0, 0.05) is 21.4 Å². The molecule has 272 valence electrons. The largest absolute Gasteiger partial charge is 0.268 e. The zero-order valence-corrected chi connectivity index (χ0v) is 42.3. The molecular formula is C35H32I6N2O6S2. The van der Waals surface area contributed by atoms with Gasteiger partial charge in [-0.15, -0.1) is 0 Å². The van der Waals surface area contributed by atoms with Crippen LogP contribution in [0.5, 0.6) is 0 Å². The highest BCUT2D eigenvalue weighted by atomic mass is 127. The molecule has 0 aromatic heterocycles. The Labute approximate surface area is 381 Å². The van der Waals surface area contributed by atoms with Crippen LogP contribution < -0.4 is 9.44 Å². The lowest BCUT2D eigenvalue weighted by molar-refractivity contribution is 0.0971. The summed E-state index contributed by atoms with van der Waals surface area (Å²) in [5.41, 5.74) is 4.58. The highest BCUT2D eigenvalue weighted by Crippen LogP contribution is 2.30. The van der Waals surface area contributed by atoms with E-state index in [0.717, 1.165) is 25.4 Å². The number of halogens is 6. The molecule has 0 aliphatic carbocycles. The van der Waals surface area contributed by atoms with Crippen molar-refractivity contribution < 1.29 is 26.4 Å². The summed E-state index contributed by atoms with van der Waals surface area (Å²) in [6.45, 7) is 7.45. The number of nitrogens with one attached hydrogen (secondary N) is 2. The first-order valence-electron chi connectivity index (χ1n) is 15.5. The SMILES string of the molecule is CCc1cc(CC)c(S(=O)(=O)NC(=O)c2cc(I)cc(I)c2I)c(CCCc2cc(C)cc(C)c2S(=O)(=O)NC(=O)c2cc(I)cc(I)c2I)c1. The molecule has 0 heterocycles. The molecule has 0 aliphatic rings. The van der Waals surface area contributed by atoms with Crippen LogP contribution in [0.15, 0.2) is 58.3 Å². The summed E-state index contributed by atoms with van der Waals surface area (Å²) in [5, 5.41) is 0. The number of carbonyl (C=O) groups is 2. The molecule has 0 unspecified atom stereocenters. The van der Waals surface area contributed by atoms with E-state index in [1.807, 2.05) is 90.2 Å². The number of aryl methyl sites for hydroxylation is 6. The fraction of sp³-hybridized carbons (Fsp3) is 0.257. The lowest BCUT2D eigenvalue weighted by Gasteiger charge is -2.19. The fourth-order valence-electron chi connectivity index (χ4n) is 5.80.